The molecule has 1 aromatic carbocycles. The maximum absolute atomic E-state index is 11.3. The second kappa shape index (κ2) is 4.36. The number of hydrogen-bond donors (Lipinski definition) is 0. The minimum Gasteiger partial charge on any atom is -0.493 e. The number of benzene rings is 1. The van der Waals surface area contributed by atoms with Crippen molar-refractivity contribution in [1.82, 2.24) is 0 Å². The van der Waals surface area contributed by atoms with E-state index in [1.54, 1.807) is 0 Å². The molecule has 1 atom stereocenters. The number of carbonyl (C=O) groups excluding carboxylic acids is 1. The third-order valence-corrected chi connectivity index (χ3v) is 3.03. The van der Waals surface area contributed by atoms with Gasteiger partial charge < -0.3 is 4.74 Å². The van der Waals surface area contributed by atoms with Crippen molar-refractivity contribution in [2.45, 2.75) is 38.7 Å². The smallest absolute Gasteiger partial charge is 0.162 e. The standard InChI is InChI=1S/C15H18O2/c1-15(2,3)12-6-4-11(5-7-12)14-10-13(16)8-9-17-14/h4-9,14H,10H2,1-3H3. The topological polar surface area (TPSA) is 26.3 Å². The number of hydrogen-bond acceptors (Lipinski definition) is 2. The lowest BCUT2D eigenvalue weighted by molar-refractivity contribution is -0.118. The molecule has 0 fully saturated rings. The quantitative estimate of drug-likeness (QED) is 0.737. The molecule has 0 saturated carbocycles. The Morgan fingerprint density at radius 2 is 1.82 bits per heavy atom. The van der Waals surface area contributed by atoms with E-state index in [1.807, 2.05) is 0 Å². The largest absolute Gasteiger partial charge is 0.493 e. The fourth-order valence-corrected chi connectivity index (χ4v) is 1.90. The Labute approximate surface area is 102 Å². The maximum Gasteiger partial charge on any atom is 0.162 e. The van der Waals surface area contributed by atoms with Gasteiger partial charge in [0.25, 0.3) is 0 Å². The number of rotatable bonds is 1. The van der Waals surface area contributed by atoms with Gasteiger partial charge in [-0.2, -0.15) is 0 Å². The molecular weight excluding hydrogens is 212 g/mol. The summed E-state index contributed by atoms with van der Waals surface area (Å²) in [5.74, 6) is 0.126. The van der Waals surface area contributed by atoms with Crippen molar-refractivity contribution in [2.75, 3.05) is 0 Å². The molecular formula is C15H18O2. The normalized spacial score (nSPS) is 20.2. The lowest BCUT2D eigenvalue weighted by Gasteiger charge is -2.22. The summed E-state index contributed by atoms with van der Waals surface area (Å²) in [6.45, 7) is 6.56. The molecule has 2 nitrogen and oxygen atoms in total. The van der Waals surface area contributed by atoms with Crippen molar-refractivity contribution in [3.63, 3.8) is 0 Å². The van der Waals surface area contributed by atoms with Crippen LogP contribution in [-0.2, 0) is 14.9 Å². The molecule has 1 unspecified atom stereocenters. The van der Waals surface area contributed by atoms with Crippen LogP contribution in [0.1, 0.15) is 44.4 Å². The van der Waals surface area contributed by atoms with Crippen molar-refractivity contribution in [1.29, 1.82) is 0 Å². The fourth-order valence-electron chi connectivity index (χ4n) is 1.90. The van der Waals surface area contributed by atoms with Crippen molar-refractivity contribution in [3.05, 3.63) is 47.7 Å². The van der Waals surface area contributed by atoms with Crippen LogP contribution in [0.4, 0.5) is 0 Å². The first-order chi connectivity index (χ1) is 7.97. The zero-order chi connectivity index (χ0) is 12.5. The van der Waals surface area contributed by atoms with E-state index in [2.05, 4.69) is 45.0 Å². The van der Waals surface area contributed by atoms with E-state index < -0.39 is 0 Å². The highest BCUT2D eigenvalue weighted by molar-refractivity contribution is 5.90. The average Bonchev–Trinajstić information content (AvgIpc) is 2.28. The third-order valence-electron chi connectivity index (χ3n) is 3.03. The Morgan fingerprint density at radius 3 is 2.35 bits per heavy atom. The van der Waals surface area contributed by atoms with Crippen LogP contribution in [0.15, 0.2) is 36.6 Å². The molecule has 0 aliphatic carbocycles. The van der Waals surface area contributed by atoms with Gasteiger partial charge in [0.15, 0.2) is 5.78 Å². The summed E-state index contributed by atoms with van der Waals surface area (Å²) >= 11 is 0. The lowest BCUT2D eigenvalue weighted by Crippen LogP contribution is -2.13. The van der Waals surface area contributed by atoms with Crippen LogP contribution in [0.5, 0.6) is 0 Å². The molecule has 1 aliphatic rings. The monoisotopic (exact) mass is 230 g/mol. The molecule has 0 N–H and O–H groups in total. The summed E-state index contributed by atoms with van der Waals surface area (Å²) in [4.78, 5) is 11.3. The minimum absolute atomic E-state index is 0.124. The van der Waals surface area contributed by atoms with Crippen LogP contribution in [0.3, 0.4) is 0 Å². The number of ketones is 1. The van der Waals surface area contributed by atoms with Gasteiger partial charge in [-0.15, -0.1) is 0 Å². The highest BCUT2D eigenvalue weighted by atomic mass is 16.5. The number of carbonyl (C=O) groups is 1. The fraction of sp³-hybridized carbons (Fsp3) is 0.400. The Bertz CT molecular complexity index is 435. The summed E-state index contributed by atoms with van der Waals surface area (Å²) in [7, 11) is 0. The van der Waals surface area contributed by atoms with Gasteiger partial charge in [0, 0.05) is 6.08 Å². The van der Waals surface area contributed by atoms with Crippen LogP contribution >= 0.6 is 0 Å². The van der Waals surface area contributed by atoms with E-state index in [4.69, 9.17) is 4.74 Å². The van der Waals surface area contributed by atoms with E-state index >= 15 is 0 Å². The predicted octanol–water partition coefficient (Wildman–Crippen LogP) is 3.53. The number of ether oxygens (including phenoxy) is 1. The van der Waals surface area contributed by atoms with Crippen molar-refractivity contribution in [3.8, 4) is 0 Å². The van der Waals surface area contributed by atoms with Crippen LogP contribution < -0.4 is 0 Å². The zero-order valence-electron chi connectivity index (χ0n) is 10.6. The third kappa shape index (κ3) is 2.76. The number of allylic oxidation sites excluding steroid dienone is 1. The van der Waals surface area contributed by atoms with Gasteiger partial charge in [-0.3, -0.25) is 4.79 Å². The van der Waals surface area contributed by atoms with Crippen LogP contribution in [0.2, 0.25) is 0 Å². The van der Waals surface area contributed by atoms with Gasteiger partial charge in [0.05, 0.1) is 12.7 Å². The molecule has 0 bridgehead atoms. The zero-order valence-corrected chi connectivity index (χ0v) is 10.6. The van der Waals surface area contributed by atoms with E-state index in [9.17, 15) is 4.79 Å². The summed E-state index contributed by atoms with van der Waals surface area (Å²) in [6, 6.07) is 8.33. The second-order valence-corrected chi connectivity index (χ2v) is 5.47. The molecule has 0 saturated heterocycles. The molecule has 0 aromatic heterocycles. The van der Waals surface area contributed by atoms with Gasteiger partial charge in [-0.25, -0.2) is 0 Å². The Hall–Kier alpha value is -1.57. The van der Waals surface area contributed by atoms with Crippen LogP contribution in [0, 0.1) is 0 Å². The SMILES string of the molecule is CC(C)(C)c1ccc(C2CC(=O)C=CO2)cc1. The summed E-state index contributed by atoms with van der Waals surface area (Å²) in [6.07, 6.45) is 3.29. The lowest BCUT2D eigenvalue weighted by atomic mass is 9.86. The van der Waals surface area contributed by atoms with Crippen molar-refractivity contribution >= 4 is 5.78 Å². The highest BCUT2D eigenvalue weighted by Gasteiger charge is 2.19. The second-order valence-electron chi connectivity index (χ2n) is 5.47. The molecule has 2 rings (SSSR count). The molecule has 0 amide bonds. The first-order valence-electron chi connectivity index (χ1n) is 5.92. The highest BCUT2D eigenvalue weighted by Crippen LogP contribution is 2.28. The molecule has 0 spiro atoms. The van der Waals surface area contributed by atoms with E-state index in [0.29, 0.717) is 6.42 Å². The molecule has 1 aromatic rings. The molecule has 17 heavy (non-hydrogen) atoms. The summed E-state index contributed by atoms with van der Waals surface area (Å²) in [5, 5.41) is 0. The van der Waals surface area contributed by atoms with Gasteiger partial charge in [-0.1, -0.05) is 45.0 Å². The van der Waals surface area contributed by atoms with Gasteiger partial charge in [-0.05, 0) is 16.5 Å². The van der Waals surface area contributed by atoms with Crippen LogP contribution in [-0.4, -0.2) is 5.78 Å². The maximum atomic E-state index is 11.3. The summed E-state index contributed by atoms with van der Waals surface area (Å²) in [5.41, 5.74) is 2.51. The molecule has 2 heteroatoms. The van der Waals surface area contributed by atoms with Gasteiger partial charge >= 0.3 is 0 Å². The Morgan fingerprint density at radius 1 is 1.18 bits per heavy atom. The Balaban J connectivity index is 2.18. The first-order valence-corrected chi connectivity index (χ1v) is 5.92. The first kappa shape index (κ1) is 11.9. The predicted molar refractivity (Wildman–Crippen MR) is 67.7 cm³/mol. The van der Waals surface area contributed by atoms with Gasteiger partial charge in [0.2, 0.25) is 0 Å². The molecule has 1 heterocycles. The van der Waals surface area contributed by atoms with E-state index in [-0.39, 0.29) is 17.3 Å². The Kier molecular flexibility index (Phi) is 3.05. The van der Waals surface area contributed by atoms with E-state index in [1.165, 1.54) is 17.9 Å². The van der Waals surface area contributed by atoms with Gasteiger partial charge in [0.1, 0.15) is 6.10 Å². The summed E-state index contributed by atoms with van der Waals surface area (Å²) < 4.78 is 5.46. The van der Waals surface area contributed by atoms with Crippen molar-refractivity contribution in [2.24, 2.45) is 0 Å². The molecule has 1 aliphatic heterocycles. The molecule has 0 radical (unpaired) electrons. The average molecular weight is 230 g/mol. The van der Waals surface area contributed by atoms with Crippen molar-refractivity contribution < 1.29 is 9.53 Å². The molecule has 90 valence electrons. The minimum atomic E-state index is -0.124. The van der Waals surface area contributed by atoms with E-state index in [0.717, 1.165) is 5.56 Å². The van der Waals surface area contributed by atoms with Crippen LogP contribution in [0.25, 0.3) is 0 Å².